The molecular weight excluding hydrogens is 572 g/mol. The minimum atomic E-state index is -4.67. The van der Waals surface area contributed by atoms with Gasteiger partial charge in [0.2, 0.25) is 5.88 Å². The molecule has 2 aliphatic heterocycles. The molecule has 0 saturated carbocycles. The SMILES string of the molecule is COc1ncc(-c2cc(CN3CCOCC3)c3c(N)ncnn23)cc1C(=O)NC1CN(S(=O)CC(F)(F)F)CC1F. The Kier molecular flexibility index (Phi) is 8.40. The number of halogens is 4. The summed E-state index contributed by atoms with van der Waals surface area (Å²) in [7, 11) is -1.16. The summed E-state index contributed by atoms with van der Waals surface area (Å²) in [5, 5.41) is 6.84. The van der Waals surface area contributed by atoms with Crippen LogP contribution in [0.2, 0.25) is 0 Å². The molecule has 5 rings (SSSR count). The largest absolute Gasteiger partial charge is 0.480 e. The normalized spacial score (nSPS) is 21.3. The highest BCUT2D eigenvalue weighted by atomic mass is 32.2. The number of nitrogen functional groups attached to an aromatic ring is 1. The molecule has 2 aliphatic rings. The number of hydrogen-bond acceptors (Lipinski definition) is 9. The van der Waals surface area contributed by atoms with E-state index in [2.05, 4.69) is 25.3 Å². The number of fused-ring (bicyclic) bond motifs is 1. The molecule has 12 nitrogen and oxygen atoms in total. The third-order valence-corrected chi connectivity index (χ3v) is 8.30. The van der Waals surface area contributed by atoms with Gasteiger partial charge in [0.25, 0.3) is 5.91 Å². The van der Waals surface area contributed by atoms with Crippen LogP contribution in [0.3, 0.4) is 0 Å². The molecule has 0 spiro atoms. The molecule has 5 heterocycles. The van der Waals surface area contributed by atoms with Crippen LogP contribution < -0.4 is 15.8 Å². The lowest BCUT2D eigenvalue weighted by Crippen LogP contribution is -2.42. The number of hydrogen-bond donors (Lipinski definition) is 2. The van der Waals surface area contributed by atoms with E-state index in [4.69, 9.17) is 15.2 Å². The molecule has 2 fully saturated rings. The number of morpholine rings is 1. The van der Waals surface area contributed by atoms with Crippen molar-refractivity contribution in [1.29, 1.82) is 0 Å². The molecule has 3 atom stereocenters. The number of amides is 1. The number of rotatable bonds is 8. The van der Waals surface area contributed by atoms with E-state index in [1.165, 1.54) is 25.7 Å². The number of anilines is 1. The van der Waals surface area contributed by atoms with Gasteiger partial charge in [-0.25, -0.2) is 27.4 Å². The van der Waals surface area contributed by atoms with Gasteiger partial charge < -0.3 is 20.5 Å². The maximum Gasteiger partial charge on any atom is 0.401 e. The number of nitrogens with one attached hydrogen (secondary N) is 1. The van der Waals surface area contributed by atoms with E-state index >= 15 is 0 Å². The summed E-state index contributed by atoms with van der Waals surface area (Å²) in [6.45, 7) is 2.42. The van der Waals surface area contributed by atoms with E-state index in [1.54, 1.807) is 4.52 Å². The van der Waals surface area contributed by atoms with Crippen LogP contribution in [0.1, 0.15) is 15.9 Å². The summed E-state index contributed by atoms with van der Waals surface area (Å²) in [5.41, 5.74) is 8.70. The van der Waals surface area contributed by atoms with Gasteiger partial charge in [-0.2, -0.15) is 18.3 Å². The molecule has 0 aromatic carbocycles. The van der Waals surface area contributed by atoms with Gasteiger partial charge in [-0.05, 0) is 17.7 Å². The summed E-state index contributed by atoms with van der Waals surface area (Å²) in [5.74, 6) is -2.11. The van der Waals surface area contributed by atoms with Crippen LogP contribution in [-0.4, -0.2) is 110 Å². The second-order valence-electron chi connectivity index (χ2n) is 9.65. The zero-order valence-electron chi connectivity index (χ0n) is 21.9. The van der Waals surface area contributed by atoms with Crippen molar-refractivity contribution >= 4 is 28.2 Å². The first-order valence-corrected chi connectivity index (χ1v) is 13.9. The topological polar surface area (TPSA) is 140 Å². The Labute approximate surface area is 234 Å². The molecule has 3 aromatic rings. The molecule has 1 amide bonds. The van der Waals surface area contributed by atoms with Crippen LogP contribution >= 0.6 is 0 Å². The summed E-state index contributed by atoms with van der Waals surface area (Å²) >= 11 is 0. The molecular formula is C24H28F4N8O4S. The highest BCUT2D eigenvalue weighted by Gasteiger charge is 2.40. The number of pyridine rings is 1. The van der Waals surface area contributed by atoms with Crippen LogP contribution in [-0.2, 0) is 22.3 Å². The van der Waals surface area contributed by atoms with Crippen molar-refractivity contribution in [1.82, 2.24) is 34.1 Å². The zero-order valence-corrected chi connectivity index (χ0v) is 22.8. The number of nitrogens with zero attached hydrogens (tertiary/aromatic N) is 6. The number of alkyl halides is 4. The molecule has 0 aliphatic carbocycles. The van der Waals surface area contributed by atoms with Crippen LogP contribution in [0, 0.1) is 0 Å². The second kappa shape index (κ2) is 11.8. The molecule has 2 saturated heterocycles. The Hall–Kier alpha value is -3.41. The average Bonchev–Trinajstić information content (AvgIpc) is 3.49. The number of nitrogens with two attached hydrogens (primary N) is 1. The number of ether oxygens (including phenoxy) is 2. The first-order chi connectivity index (χ1) is 19.5. The Balaban J connectivity index is 1.41. The Morgan fingerprint density at radius 1 is 1.24 bits per heavy atom. The number of carbonyl (C=O) groups is 1. The van der Waals surface area contributed by atoms with Crippen molar-refractivity contribution in [3.63, 3.8) is 0 Å². The standard InChI is InChI=1S/C24H28F4N8O4S/c1-39-23-16(22(37)33-18-11-35(10-17(18)25)41(38)12-24(26,27)28)6-14(8-30-23)19-7-15(9-34-2-4-40-5-3-34)20-21(29)31-13-32-36(19)20/h6-8,13,17-18H,2-5,9-12H2,1H3,(H,33,37)(H2,29,31,32). The Morgan fingerprint density at radius 3 is 2.71 bits per heavy atom. The molecule has 0 radical (unpaired) electrons. The van der Waals surface area contributed by atoms with Crippen molar-refractivity contribution in [3.05, 3.63) is 35.8 Å². The maximum absolute atomic E-state index is 14.7. The van der Waals surface area contributed by atoms with Gasteiger partial charge in [0.05, 0.1) is 32.1 Å². The lowest BCUT2D eigenvalue weighted by Gasteiger charge is -2.26. The average molecular weight is 601 g/mol. The second-order valence-corrected chi connectivity index (χ2v) is 11.1. The van der Waals surface area contributed by atoms with Gasteiger partial charge >= 0.3 is 6.18 Å². The minimum absolute atomic E-state index is 0.0289. The third-order valence-electron chi connectivity index (χ3n) is 6.85. The van der Waals surface area contributed by atoms with Crippen LogP contribution in [0.5, 0.6) is 5.88 Å². The first-order valence-electron chi connectivity index (χ1n) is 12.6. The van der Waals surface area contributed by atoms with Crippen molar-refractivity contribution in [2.24, 2.45) is 0 Å². The van der Waals surface area contributed by atoms with E-state index in [0.29, 0.717) is 36.5 Å². The molecule has 41 heavy (non-hydrogen) atoms. The predicted molar refractivity (Wildman–Crippen MR) is 140 cm³/mol. The van der Waals surface area contributed by atoms with Gasteiger partial charge in [0.15, 0.2) is 5.82 Å². The smallest absolute Gasteiger partial charge is 0.401 e. The zero-order chi connectivity index (χ0) is 29.3. The van der Waals surface area contributed by atoms with Gasteiger partial charge in [0, 0.05) is 44.5 Å². The van der Waals surface area contributed by atoms with E-state index < -0.39 is 47.6 Å². The minimum Gasteiger partial charge on any atom is -0.480 e. The van der Waals surface area contributed by atoms with Gasteiger partial charge in [-0.15, -0.1) is 0 Å². The van der Waals surface area contributed by atoms with Crippen molar-refractivity contribution in [3.8, 4) is 17.1 Å². The fourth-order valence-corrected chi connectivity index (χ4v) is 6.00. The van der Waals surface area contributed by atoms with E-state index in [1.807, 2.05) is 6.07 Å². The van der Waals surface area contributed by atoms with Gasteiger partial charge in [-0.3, -0.25) is 9.69 Å². The van der Waals surface area contributed by atoms with Crippen molar-refractivity contribution in [2.45, 2.75) is 24.9 Å². The molecule has 3 unspecified atom stereocenters. The van der Waals surface area contributed by atoms with Gasteiger partial charge in [-0.1, -0.05) is 0 Å². The van der Waals surface area contributed by atoms with E-state index in [9.17, 15) is 26.6 Å². The Morgan fingerprint density at radius 2 is 2.00 bits per heavy atom. The predicted octanol–water partition coefficient (Wildman–Crippen LogP) is 1.19. The molecule has 222 valence electrons. The lowest BCUT2D eigenvalue weighted by atomic mass is 10.1. The molecule has 3 aromatic heterocycles. The summed E-state index contributed by atoms with van der Waals surface area (Å²) in [4.78, 5) is 23.8. The molecule has 0 bridgehead atoms. The van der Waals surface area contributed by atoms with Crippen LogP contribution in [0.15, 0.2) is 24.7 Å². The van der Waals surface area contributed by atoms with Crippen molar-refractivity contribution < 1.29 is 36.0 Å². The maximum atomic E-state index is 14.7. The summed E-state index contributed by atoms with van der Waals surface area (Å²) in [6.07, 6.45) is -3.59. The fourth-order valence-electron chi connectivity index (χ4n) is 4.90. The van der Waals surface area contributed by atoms with Crippen molar-refractivity contribution in [2.75, 3.05) is 58.0 Å². The quantitative estimate of drug-likeness (QED) is 0.365. The Bertz CT molecular complexity index is 1450. The van der Waals surface area contributed by atoms with Gasteiger partial charge in [0.1, 0.15) is 40.3 Å². The summed E-state index contributed by atoms with van der Waals surface area (Å²) in [6, 6.07) is 2.19. The van der Waals surface area contributed by atoms with E-state index in [-0.39, 0.29) is 23.8 Å². The van der Waals surface area contributed by atoms with Crippen LogP contribution in [0.4, 0.5) is 23.4 Å². The monoisotopic (exact) mass is 600 g/mol. The highest BCUT2D eigenvalue weighted by Crippen LogP contribution is 2.31. The molecule has 3 N–H and O–H groups in total. The van der Waals surface area contributed by atoms with Crippen LogP contribution in [0.25, 0.3) is 16.8 Å². The summed E-state index contributed by atoms with van der Waals surface area (Å²) < 4.78 is 77.8. The number of aromatic nitrogens is 4. The third kappa shape index (κ3) is 6.42. The molecule has 17 heteroatoms. The highest BCUT2D eigenvalue weighted by molar-refractivity contribution is 7.82. The lowest BCUT2D eigenvalue weighted by molar-refractivity contribution is -0.106. The first kappa shape index (κ1) is 29.1. The number of methoxy groups -OCH3 is 1. The van der Waals surface area contributed by atoms with E-state index in [0.717, 1.165) is 23.0 Å². The number of carbonyl (C=O) groups excluding carboxylic acids is 1. The fraction of sp³-hybridized carbons (Fsp3) is 0.500.